The molecule has 3 rings (SSSR count). The maximum atomic E-state index is 11.9. The zero-order chi connectivity index (χ0) is 21.5. The number of amides is 1. The van der Waals surface area contributed by atoms with E-state index in [1.54, 1.807) is 42.5 Å². The first kappa shape index (κ1) is 21.1. The van der Waals surface area contributed by atoms with Crippen LogP contribution in [0.15, 0.2) is 64.3 Å². The SMILES string of the molecule is Cc1cc(OCC(=O)N/N=C\c2ccc(OC(=O)c3ccco3)cc2)cc(C)c1Cl. The number of nitrogens with zero attached hydrogens (tertiary/aromatic N) is 1. The minimum Gasteiger partial charge on any atom is -0.484 e. The molecular formula is C22H19ClN2O5. The van der Waals surface area contributed by atoms with Gasteiger partial charge in [-0.3, -0.25) is 4.79 Å². The zero-order valence-electron chi connectivity index (χ0n) is 16.3. The fourth-order valence-corrected chi connectivity index (χ4v) is 2.63. The largest absolute Gasteiger partial charge is 0.484 e. The van der Waals surface area contributed by atoms with Crippen LogP contribution in [0.1, 0.15) is 27.2 Å². The maximum Gasteiger partial charge on any atom is 0.379 e. The lowest BCUT2D eigenvalue weighted by molar-refractivity contribution is -0.123. The number of carbonyl (C=O) groups is 2. The number of rotatable bonds is 7. The lowest BCUT2D eigenvalue weighted by atomic mass is 10.1. The van der Waals surface area contributed by atoms with Crippen molar-refractivity contribution in [2.24, 2.45) is 5.10 Å². The van der Waals surface area contributed by atoms with Gasteiger partial charge in [0.15, 0.2) is 6.61 Å². The number of benzene rings is 2. The third kappa shape index (κ3) is 5.71. The maximum absolute atomic E-state index is 11.9. The van der Waals surface area contributed by atoms with Crippen molar-refractivity contribution >= 4 is 29.7 Å². The second kappa shape index (κ2) is 9.76. The predicted molar refractivity (Wildman–Crippen MR) is 112 cm³/mol. The number of esters is 1. The molecule has 1 N–H and O–H groups in total. The van der Waals surface area contributed by atoms with Gasteiger partial charge in [0, 0.05) is 5.02 Å². The van der Waals surface area contributed by atoms with E-state index in [0.717, 1.165) is 11.1 Å². The summed E-state index contributed by atoms with van der Waals surface area (Å²) in [6, 6.07) is 13.3. The van der Waals surface area contributed by atoms with E-state index in [4.69, 9.17) is 25.5 Å². The molecule has 8 heteroatoms. The van der Waals surface area contributed by atoms with Crippen LogP contribution in [0.5, 0.6) is 11.5 Å². The standard InChI is InChI=1S/C22H19ClN2O5/c1-14-10-18(11-15(2)21(14)23)29-13-20(26)25-24-12-16-5-7-17(8-6-16)30-22(27)19-4-3-9-28-19/h3-12H,13H2,1-2H3,(H,25,26)/b24-12-. The first-order valence-corrected chi connectivity index (χ1v) is 9.37. The van der Waals surface area contributed by atoms with E-state index in [1.807, 2.05) is 13.8 Å². The number of aryl methyl sites for hydroxylation is 2. The van der Waals surface area contributed by atoms with Crippen LogP contribution in [-0.2, 0) is 4.79 Å². The van der Waals surface area contributed by atoms with Crippen LogP contribution in [0.4, 0.5) is 0 Å². The molecule has 154 valence electrons. The van der Waals surface area contributed by atoms with Crippen molar-refractivity contribution in [1.29, 1.82) is 0 Å². The highest BCUT2D eigenvalue weighted by molar-refractivity contribution is 6.32. The number of hydrogen-bond donors (Lipinski definition) is 1. The van der Waals surface area contributed by atoms with Crippen LogP contribution >= 0.6 is 11.6 Å². The van der Waals surface area contributed by atoms with Gasteiger partial charge in [-0.25, -0.2) is 10.2 Å². The first-order chi connectivity index (χ1) is 14.4. The molecule has 1 heterocycles. The first-order valence-electron chi connectivity index (χ1n) is 8.99. The summed E-state index contributed by atoms with van der Waals surface area (Å²) in [6.45, 7) is 3.56. The molecule has 0 saturated carbocycles. The number of nitrogens with one attached hydrogen (secondary N) is 1. The number of hydrogen-bond acceptors (Lipinski definition) is 6. The Kier molecular flexibility index (Phi) is 6.87. The van der Waals surface area contributed by atoms with E-state index in [1.165, 1.54) is 18.5 Å². The van der Waals surface area contributed by atoms with Crippen LogP contribution in [0.3, 0.4) is 0 Å². The average molecular weight is 427 g/mol. The van der Waals surface area contributed by atoms with Gasteiger partial charge in [0.25, 0.3) is 5.91 Å². The summed E-state index contributed by atoms with van der Waals surface area (Å²) in [5.74, 6) is 0.0579. The minimum absolute atomic E-state index is 0.120. The van der Waals surface area contributed by atoms with Crippen LogP contribution in [0.2, 0.25) is 5.02 Å². The normalized spacial score (nSPS) is 10.8. The molecule has 0 saturated heterocycles. The van der Waals surface area contributed by atoms with Crippen LogP contribution in [0, 0.1) is 13.8 Å². The summed E-state index contributed by atoms with van der Waals surface area (Å²) in [7, 11) is 0. The van der Waals surface area contributed by atoms with Crippen LogP contribution in [0.25, 0.3) is 0 Å². The van der Waals surface area contributed by atoms with E-state index >= 15 is 0 Å². The minimum atomic E-state index is -0.584. The molecule has 0 aliphatic carbocycles. The summed E-state index contributed by atoms with van der Waals surface area (Å²) in [5, 5.41) is 4.56. The van der Waals surface area contributed by atoms with Gasteiger partial charge in [-0.15, -0.1) is 0 Å². The Balaban J connectivity index is 1.46. The van der Waals surface area contributed by atoms with Gasteiger partial charge in [-0.2, -0.15) is 5.10 Å². The number of hydrazone groups is 1. The van der Waals surface area contributed by atoms with E-state index in [-0.39, 0.29) is 12.4 Å². The summed E-state index contributed by atoms with van der Waals surface area (Å²) < 4.78 is 15.6. The number of carbonyl (C=O) groups excluding carboxylic acids is 2. The van der Waals surface area contributed by atoms with Gasteiger partial charge >= 0.3 is 5.97 Å². The molecule has 1 aromatic heterocycles. The van der Waals surface area contributed by atoms with Crippen LogP contribution in [-0.4, -0.2) is 24.7 Å². The average Bonchev–Trinajstić information content (AvgIpc) is 3.27. The van der Waals surface area contributed by atoms with E-state index < -0.39 is 11.9 Å². The molecule has 0 aliphatic rings. The lowest BCUT2D eigenvalue weighted by Gasteiger charge is -2.09. The van der Waals surface area contributed by atoms with Gasteiger partial charge in [0.05, 0.1) is 12.5 Å². The Morgan fingerprint density at radius 2 is 1.80 bits per heavy atom. The summed E-state index contributed by atoms with van der Waals surface area (Å²) in [5.41, 5.74) is 4.85. The van der Waals surface area contributed by atoms with Gasteiger partial charge in [0.1, 0.15) is 11.5 Å². The van der Waals surface area contributed by atoms with Crippen molar-refractivity contribution in [3.05, 3.63) is 82.3 Å². The quantitative estimate of drug-likeness (QED) is 0.263. The van der Waals surface area contributed by atoms with Crippen LogP contribution < -0.4 is 14.9 Å². The molecule has 2 aromatic carbocycles. The molecule has 7 nitrogen and oxygen atoms in total. The predicted octanol–water partition coefficient (Wildman–Crippen LogP) is 4.30. The Morgan fingerprint density at radius 1 is 1.10 bits per heavy atom. The Labute approximate surface area is 178 Å². The van der Waals surface area contributed by atoms with E-state index in [0.29, 0.717) is 22.1 Å². The molecule has 0 fully saturated rings. The monoisotopic (exact) mass is 426 g/mol. The Hall–Kier alpha value is -3.58. The fraction of sp³-hybridized carbons (Fsp3) is 0.136. The highest BCUT2D eigenvalue weighted by Crippen LogP contribution is 2.25. The van der Waals surface area contributed by atoms with Crippen molar-refractivity contribution < 1.29 is 23.5 Å². The third-order valence-corrected chi connectivity index (χ3v) is 4.59. The molecule has 0 radical (unpaired) electrons. The third-order valence-electron chi connectivity index (χ3n) is 4.00. The highest BCUT2D eigenvalue weighted by Gasteiger charge is 2.11. The summed E-state index contributed by atoms with van der Waals surface area (Å²) in [4.78, 5) is 23.7. The number of ether oxygens (including phenoxy) is 2. The van der Waals surface area contributed by atoms with Crippen molar-refractivity contribution in [2.45, 2.75) is 13.8 Å². The van der Waals surface area contributed by atoms with Gasteiger partial charge in [-0.05, 0) is 79.1 Å². The van der Waals surface area contributed by atoms with Crippen molar-refractivity contribution in [1.82, 2.24) is 5.43 Å². The van der Waals surface area contributed by atoms with Crippen molar-refractivity contribution in [3.63, 3.8) is 0 Å². The molecule has 0 spiro atoms. The van der Waals surface area contributed by atoms with Crippen molar-refractivity contribution in [2.75, 3.05) is 6.61 Å². The second-order valence-corrected chi connectivity index (χ2v) is 6.77. The summed E-state index contributed by atoms with van der Waals surface area (Å²) in [6.07, 6.45) is 2.86. The Bertz CT molecular complexity index is 1040. The fourth-order valence-electron chi connectivity index (χ4n) is 2.52. The molecule has 0 unspecified atom stereocenters. The number of halogens is 1. The molecule has 0 atom stereocenters. The topological polar surface area (TPSA) is 90.1 Å². The van der Waals surface area contributed by atoms with E-state index in [2.05, 4.69) is 10.5 Å². The molecule has 3 aromatic rings. The lowest BCUT2D eigenvalue weighted by Crippen LogP contribution is -2.24. The molecule has 0 aliphatic heterocycles. The van der Waals surface area contributed by atoms with Gasteiger partial charge in [0.2, 0.25) is 5.76 Å². The molecule has 30 heavy (non-hydrogen) atoms. The smallest absolute Gasteiger partial charge is 0.379 e. The Morgan fingerprint density at radius 3 is 2.43 bits per heavy atom. The highest BCUT2D eigenvalue weighted by atomic mass is 35.5. The number of furan rings is 1. The summed E-state index contributed by atoms with van der Waals surface area (Å²) >= 11 is 6.11. The second-order valence-electron chi connectivity index (χ2n) is 6.39. The zero-order valence-corrected chi connectivity index (χ0v) is 17.1. The van der Waals surface area contributed by atoms with Gasteiger partial charge in [-0.1, -0.05) is 11.6 Å². The van der Waals surface area contributed by atoms with E-state index in [9.17, 15) is 9.59 Å². The van der Waals surface area contributed by atoms with Crippen molar-refractivity contribution in [3.8, 4) is 11.5 Å². The molecular weight excluding hydrogens is 408 g/mol. The van der Waals surface area contributed by atoms with Gasteiger partial charge < -0.3 is 13.9 Å². The molecule has 0 bridgehead atoms. The molecule has 1 amide bonds.